The number of benzene rings is 2. The van der Waals surface area contributed by atoms with Crippen LogP contribution in [0, 0.1) is 0 Å². The van der Waals surface area contributed by atoms with E-state index in [1.807, 2.05) is 42.5 Å². The maximum absolute atomic E-state index is 5.74. The summed E-state index contributed by atoms with van der Waals surface area (Å²) in [5.41, 5.74) is 21.8. The summed E-state index contributed by atoms with van der Waals surface area (Å²) in [5.74, 6) is 0. The highest BCUT2D eigenvalue weighted by molar-refractivity contribution is 5.66. The quantitative estimate of drug-likeness (QED) is 0.617. The predicted molar refractivity (Wildman–Crippen MR) is 76.4 cm³/mol. The minimum Gasteiger partial charge on any atom is -0.399 e. The Morgan fingerprint density at radius 2 is 1.61 bits per heavy atom. The van der Waals surface area contributed by atoms with Gasteiger partial charge < -0.3 is 22.5 Å². The Morgan fingerprint density at radius 1 is 0.889 bits per heavy atom. The molecule has 2 aromatic carbocycles. The van der Waals surface area contributed by atoms with Gasteiger partial charge in [-0.3, -0.25) is 0 Å². The van der Waals surface area contributed by atoms with Crippen molar-refractivity contribution in [1.29, 1.82) is 0 Å². The van der Waals surface area contributed by atoms with Crippen LogP contribution in [-0.4, -0.2) is 0 Å². The molecule has 0 amide bonds. The Bertz CT molecular complexity index is 520. The standard InChI is InChI=1S/C14H18N4/c15-8-10-1-4-13(5-2-10)18-14-6-3-12(17)7-11(14)9-16/h1-7,18H,8-9,15-17H2. The summed E-state index contributed by atoms with van der Waals surface area (Å²) >= 11 is 0. The topological polar surface area (TPSA) is 90.1 Å². The Balaban J connectivity index is 2.22. The first-order chi connectivity index (χ1) is 8.72. The van der Waals surface area contributed by atoms with Gasteiger partial charge in [-0.15, -0.1) is 0 Å². The smallest absolute Gasteiger partial charge is 0.0431 e. The summed E-state index contributed by atoms with van der Waals surface area (Å²) in [6.45, 7) is 1.00. The van der Waals surface area contributed by atoms with Crippen LogP contribution in [0.1, 0.15) is 11.1 Å². The van der Waals surface area contributed by atoms with Crippen molar-refractivity contribution in [3.8, 4) is 0 Å². The predicted octanol–water partition coefficient (Wildman–Crippen LogP) is 1.93. The molecule has 0 saturated carbocycles. The fourth-order valence-corrected chi connectivity index (χ4v) is 1.78. The van der Waals surface area contributed by atoms with Gasteiger partial charge in [-0.1, -0.05) is 12.1 Å². The van der Waals surface area contributed by atoms with Crippen molar-refractivity contribution in [2.75, 3.05) is 11.1 Å². The summed E-state index contributed by atoms with van der Waals surface area (Å²) in [6, 6.07) is 13.7. The number of nitrogens with two attached hydrogens (primary N) is 3. The van der Waals surface area contributed by atoms with Gasteiger partial charge in [0.1, 0.15) is 0 Å². The minimum atomic E-state index is 0.453. The van der Waals surface area contributed by atoms with Crippen molar-refractivity contribution in [2.45, 2.75) is 13.1 Å². The zero-order valence-electron chi connectivity index (χ0n) is 10.2. The van der Waals surface area contributed by atoms with Gasteiger partial charge in [-0.2, -0.15) is 0 Å². The summed E-state index contributed by atoms with van der Waals surface area (Å²) in [5, 5.41) is 3.33. The Labute approximate surface area is 107 Å². The third kappa shape index (κ3) is 2.80. The van der Waals surface area contributed by atoms with Crippen molar-refractivity contribution in [3.63, 3.8) is 0 Å². The molecule has 0 aliphatic carbocycles. The number of rotatable bonds is 4. The molecule has 0 atom stereocenters. The van der Waals surface area contributed by atoms with Gasteiger partial charge in [0.15, 0.2) is 0 Å². The highest BCUT2D eigenvalue weighted by Gasteiger charge is 2.02. The lowest BCUT2D eigenvalue weighted by Crippen LogP contribution is -2.03. The molecule has 0 fully saturated rings. The second-order valence-electron chi connectivity index (χ2n) is 4.15. The number of anilines is 3. The first kappa shape index (κ1) is 12.4. The first-order valence-corrected chi connectivity index (χ1v) is 5.87. The van der Waals surface area contributed by atoms with Crippen molar-refractivity contribution in [2.24, 2.45) is 11.5 Å². The molecular formula is C14H18N4. The highest BCUT2D eigenvalue weighted by Crippen LogP contribution is 2.23. The lowest BCUT2D eigenvalue weighted by Gasteiger charge is -2.12. The van der Waals surface area contributed by atoms with Crippen LogP contribution in [0.3, 0.4) is 0 Å². The van der Waals surface area contributed by atoms with Crippen LogP contribution in [0.25, 0.3) is 0 Å². The van der Waals surface area contributed by atoms with Gasteiger partial charge in [-0.05, 0) is 41.5 Å². The van der Waals surface area contributed by atoms with Gasteiger partial charge in [0.25, 0.3) is 0 Å². The summed E-state index contributed by atoms with van der Waals surface area (Å²) < 4.78 is 0. The van der Waals surface area contributed by atoms with E-state index in [2.05, 4.69) is 5.32 Å². The monoisotopic (exact) mass is 242 g/mol. The fraction of sp³-hybridized carbons (Fsp3) is 0.143. The molecule has 94 valence electrons. The molecule has 0 spiro atoms. The lowest BCUT2D eigenvalue weighted by atomic mass is 10.1. The van der Waals surface area contributed by atoms with E-state index in [1.54, 1.807) is 0 Å². The molecule has 0 saturated heterocycles. The minimum absolute atomic E-state index is 0.453. The van der Waals surface area contributed by atoms with E-state index in [-0.39, 0.29) is 0 Å². The average molecular weight is 242 g/mol. The summed E-state index contributed by atoms with van der Waals surface area (Å²) in [4.78, 5) is 0. The van der Waals surface area contributed by atoms with Crippen LogP contribution in [0.5, 0.6) is 0 Å². The molecule has 18 heavy (non-hydrogen) atoms. The van der Waals surface area contributed by atoms with Crippen LogP contribution in [-0.2, 0) is 13.1 Å². The van der Waals surface area contributed by atoms with E-state index in [4.69, 9.17) is 17.2 Å². The zero-order chi connectivity index (χ0) is 13.0. The lowest BCUT2D eigenvalue weighted by molar-refractivity contribution is 1.07. The van der Waals surface area contributed by atoms with Gasteiger partial charge in [0, 0.05) is 30.2 Å². The molecule has 0 unspecified atom stereocenters. The number of nitrogens with one attached hydrogen (secondary N) is 1. The molecule has 2 rings (SSSR count). The molecule has 0 heterocycles. The van der Waals surface area contributed by atoms with Gasteiger partial charge in [-0.25, -0.2) is 0 Å². The maximum Gasteiger partial charge on any atom is 0.0431 e. The second kappa shape index (κ2) is 5.53. The van der Waals surface area contributed by atoms with E-state index >= 15 is 0 Å². The average Bonchev–Trinajstić information content (AvgIpc) is 2.41. The van der Waals surface area contributed by atoms with Crippen LogP contribution in [0.4, 0.5) is 17.1 Å². The third-order valence-corrected chi connectivity index (χ3v) is 2.82. The van der Waals surface area contributed by atoms with Crippen molar-refractivity contribution in [3.05, 3.63) is 53.6 Å². The second-order valence-corrected chi connectivity index (χ2v) is 4.15. The zero-order valence-corrected chi connectivity index (χ0v) is 10.2. The fourth-order valence-electron chi connectivity index (χ4n) is 1.78. The molecule has 0 radical (unpaired) electrons. The van der Waals surface area contributed by atoms with Gasteiger partial charge in [0.05, 0.1) is 0 Å². The van der Waals surface area contributed by atoms with E-state index in [0.29, 0.717) is 13.1 Å². The molecule has 0 bridgehead atoms. The number of nitrogen functional groups attached to an aromatic ring is 1. The molecular weight excluding hydrogens is 224 g/mol. The summed E-state index contributed by atoms with van der Waals surface area (Å²) in [7, 11) is 0. The van der Waals surface area contributed by atoms with Gasteiger partial charge >= 0.3 is 0 Å². The van der Waals surface area contributed by atoms with E-state index in [9.17, 15) is 0 Å². The Kier molecular flexibility index (Phi) is 3.82. The normalized spacial score (nSPS) is 10.3. The van der Waals surface area contributed by atoms with E-state index in [0.717, 1.165) is 28.2 Å². The molecule has 0 aliphatic rings. The van der Waals surface area contributed by atoms with Crippen LogP contribution >= 0.6 is 0 Å². The van der Waals surface area contributed by atoms with E-state index < -0.39 is 0 Å². The van der Waals surface area contributed by atoms with Crippen molar-refractivity contribution < 1.29 is 0 Å². The SMILES string of the molecule is NCc1ccc(Nc2ccc(N)cc2CN)cc1. The largest absolute Gasteiger partial charge is 0.399 e. The molecule has 7 N–H and O–H groups in total. The van der Waals surface area contributed by atoms with Crippen LogP contribution in [0.2, 0.25) is 0 Å². The molecule has 0 aliphatic heterocycles. The third-order valence-electron chi connectivity index (χ3n) is 2.82. The molecule has 2 aromatic rings. The van der Waals surface area contributed by atoms with Gasteiger partial charge in [0.2, 0.25) is 0 Å². The van der Waals surface area contributed by atoms with Crippen molar-refractivity contribution >= 4 is 17.1 Å². The molecule has 0 aromatic heterocycles. The maximum atomic E-state index is 5.74. The molecule has 4 nitrogen and oxygen atoms in total. The summed E-state index contributed by atoms with van der Waals surface area (Å²) in [6.07, 6.45) is 0. The Hall–Kier alpha value is -2.04. The number of hydrogen-bond donors (Lipinski definition) is 4. The molecule has 4 heteroatoms. The van der Waals surface area contributed by atoms with Crippen LogP contribution in [0.15, 0.2) is 42.5 Å². The van der Waals surface area contributed by atoms with Crippen LogP contribution < -0.4 is 22.5 Å². The highest BCUT2D eigenvalue weighted by atomic mass is 14.9. The number of hydrogen-bond acceptors (Lipinski definition) is 4. The van der Waals surface area contributed by atoms with Crippen molar-refractivity contribution in [1.82, 2.24) is 0 Å². The van der Waals surface area contributed by atoms with E-state index in [1.165, 1.54) is 0 Å². The Morgan fingerprint density at radius 3 is 2.22 bits per heavy atom. The first-order valence-electron chi connectivity index (χ1n) is 5.87.